The van der Waals surface area contributed by atoms with Crippen LogP contribution < -0.4 is 24.4 Å². The Hall–Kier alpha value is -4.26. The zero-order valence-corrected chi connectivity index (χ0v) is 19.5. The summed E-state index contributed by atoms with van der Waals surface area (Å²) in [6, 6.07) is 19.7. The van der Waals surface area contributed by atoms with Crippen molar-refractivity contribution in [2.75, 3.05) is 31.0 Å². The predicted octanol–water partition coefficient (Wildman–Crippen LogP) is 4.81. The van der Waals surface area contributed by atoms with Crippen LogP contribution in [0.3, 0.4) is 0 Å². The SMILES string of the molecule is CCOc1ccc(NC2=C(c3ccc(C)cc3)C(=O)N(c3cc(OC)ccc3OC)C2=O)cc1. The van der Waals surface area contributed by atoms with Crippen LogP contribution >= 0.6 is 0 Å². The molecule has 7 heteroatoms. The lowest BCUT2D eigenvalue weighted by Gasteiger charge is -2.19. The zero-order valence-electron chi connectivity index (χ0n) is 19.5. The first-order chi connectivity index (χ1) is 16.5. The standard InChI is InChI=1S/C27H26N2O5/c1-5-34-20-12-10-19(11-13-20)28-25-24(18-8-6-17(2)7-9-18)26(30)29(27(25)31)22-16-21(32-3)14-15-23(22)33-4/h6-16,28H,5H2,1-4H3. The van der Waals surface area contributed by atoms with E-state index < -0.39 is 11.8 Å². The van der Waals surface area contributed by atoms with Gasteiger partial charge in [0.25, 0.3) is 11.8 Å². The van der Waals surface area contributed by atoms with Crippen LogP contribution in [-0.2, 0) is 9.59 Å². The van der Waals surface area contributed by atoms with Gasteiger partial charge in [-0.2, -0.15) is 0 Å². The number of anilines is 2. The third-order valence-corrected chi connectivity index (χ3v) is 5.49. The van der Waals surface area contributed by atoms with Crippen LogP contribution in [0.2, 0.25) is 0 Å². The van der Waals surface area contributed by atoms with Crippen molar-refractivity contribution in [1.29, 1.82) is 0 Å². The van der Waals surface area contributed by atoms with Gasteiger partial charge in [-0.15, -0.1) is 0 Å². The Kier molecular flexibility index (Phi) is 6.54. The first-order valence-electron chi connectivity index (χ1n) is 10.9. The summed E-state index contributed by atoms with van der Waals surface area (Å²) in [6.07, 6.45) is 0. The Morgan fingerprint density at radius 1 is 0.824 bits per heavy atom. The van der Waals surface area contributed by atoms with E-state index in [1.165, 1.54) is 14.2 Å². The molecular formula is C27H26N2O5. The lowest BCUT2D eigenvalue weighted by molar-refractivity contribution is -0.120. The van der Waals surface area contributed by atoms with Crippen LogP contribution in [0.1, 0.15) is 18.1 Å². The second-order valence-corrected chi connectivity index (χ2v) is 7.68. The summed E-state index contributed by atoms with van der Waals surface area (Å²) in [7, 11) is 3.01. The minimum absolute atomic E-state index is 0.183. The monoisotopic (exact) mass is 458 g/mol. The molecule has 1 N–H and O–H groups in total. The van der Waals surface area contributed by atoms with Gasteiger partial charge in [0.2, 0.25) is 0 Å². The van der Waals surface area contributed by atoms with E-state index in [-0.39, 0.29) is 11.3 Å². The Bertz CT molecular complexity index is 1250. The summed E-state index contributed by atoms with van der Waals surface area (Å²) in [5.41, 5.74) is 3.12. The molecule has 0 atom stereocenters. The molecule has 0 fully saturated rings. The summed E-state index contributed by atoms with van der Waals surface area (Å²) >= 11 is 0. The van der Waals surface area contributed by atoms with Gasteiger partial charge in [0, 0.05) is 11.8 Å². The number of methoxy groups -OCH3 is 2. The topological polar surface area (TPSA) is 77.1 Å². The molecule has 0 aliphatic carbocycles. The summed E-state index contributed by atoms with van der Waals surface area (Å²) in [4.78, 5) is 28.5. The molecule has 0 unspecified atom stereocenters. The molecule has 4 rings (SSSR count). The van der Waals surface area contributed by atoms with Crippen molar-refractivity contribution < 1.29 is 23.8 Å². The van der Waals surface area contributed by atoms with E-state index in [1.807, 2.05) is 50.2 Å². The fourth-order valence-electron chi connectivity index (χ4n) is 3.77. The second-order valence-electron chi connectivity index (χ2n) is 7.68. The van der Waals surface area contributed by atoms with Crippen LogP contribution in [0, 0.1) is 6.92 Å². The number of benzene rings is 3. The average molecular weight is 459 g/mol. The number of ether oxygens (including phenoxy) is 3. The highest BCUT2D eigenvalue weighted by Gasteiger charge is 2.41. The molecule has 0 saturated heterocycles. The van der Waals surface area contributed by atoms with E-state index in [9.17, 15) is 9.59 Å². The summed E-state index contributed by atoms with van der Waals surface area (Å²) in [6.45, 7) is 4.43. The molecular weight excluding hydrogens is 432 g/mol. The van der Waals surface area contributed by atoms with Crippen molar-refractivity contribution in [1.82, 2.24) is 0 Å². The highest BCUT2D eigenvalue weighted by Crippen LogP contribution is 2.39. The maximum atomic E-state index is 13.7. The van der Waals surface area contributed by atoms with E-state index in [4.69, 9.17) is 14.2 Å². The van der Waals surface area contributed by atoms with E-state index in [0.717, 1.165) is 16.2 Å². The fraction of sp³-hybridized carbons (Fsp3) is 0.185. The molecule has 0 spiro atoms. The molecule has 3 aromatic carbocycles. The Labute approximate surface area is 198 Å². The first-order valence-corrected chi connectivity index (χ1v) is 10.9. The number of carbonyl (C=O) groups excluding carboxylic acids is 2. The van der Waals surface area contributed by atoms with Gasteiger partial charge < -0.3 is 19.5 Å². The van der Waals surface area contributed by atoms with Gasteiger partial charge in [-0.25, -0.2) is 4.90 Å². The van der Waals surface area contributed by atoms with Gasteiger partial charge in [0.05, 0.1) is 32.1 Å². The Morgan fingerprint density at radius 3 is 2.12 bits per heavy atom. The smallest absolute Gasteiger partial charge is 0.282 e. The number of hydrogen-bond acceptors (Lipinski definition) is 6. The van der Waals surface area contributed by atoms with Crippen molar-refractivity contribution in [3.8, 4) is 17.2 Å². The van der Waals surface area contributed by atoms with Crippen LogP contribution in [0.4, 0.5) is 11.4 Å². The third-order valence-electron chi connectivity index (χ3n) is 5.49. The lowest BCUT2D eigenvalue weighted by atomic mass is 10.0. The highest BCUT2D eigenvalue weighted by molar-refractivity contribution is 6.46. The Morgan fingerprint density at radius 2 is 1.50 bits per heavy atom. The minimum Gasteiger partial charge on any atom is -0.497 e. The predicted molar refractivity (Wildman–Crippen MR) is 131 cm³/mol. The number of hydrogen-bond donors (Lipinski definition) is 1. The van der Waals surface area contributed by atoms with E-state index in [2.05, 4.69) is 5.32 Å². The summed E-state index contributed by atoms with van der Waals surface area (Å²) < 4.78 is 16.3. The van der Waals surface area contributed by atoms with E-state index >= 15 is 0 Å². The maximum absolute atomic E-state index is 13.7. The number of nitrogens with zero attached hydrogens (tertiary/aromatic N) is 1. The number of nitrogens with one attached hydrogen (secondary N) is 1. The van der Waals surface area contributed by atoms with Gasteiger partial charge >= 0.3 is 0 Å². The Balaban J connectivity index is 1.80. The zero-order chi connectivity index (χ0) is 24.2. The number of imide groups is 1. The molecule has 0 radical (unpaired) electrons. The minimum atomic E-state index is -0.485. The van der Waals surface area contributed by atoms with Gasteiger partial charge in [-0.05, 0) is 55.8 Å². The van der Waals surface area contributed by atoms with Crippen molar-refractivity contribution >= 4 is 28.8 Å². The number of carbonyl (C=O) groups is 2. The molecule has 174 valence electrons. The van der Waals surface area contributed by atoms with E-state index in [0.29, 0.717) is 35.0 Å². The highest BCUT2D eigenvalue weighted by atomic mass is 16.5. The van der Waals surface area contributed by atoms with Crippen LogP contribution in [0.5, 0.6) is 17.2 Å². The van der Waals surface area contributed by atoms with E-state index in [1.54, 1.807) is 30.3 Å². The molecule has 0 bridgehead atoms. The van der Waals surface area contributed by atoms with Gasteiger partial charge in [0.15, 0.2) is 0 Å². The quantitative estimate of drug-likeness (QED) is 0.489. The molecule has 0 saturated carbocycles. The van der Waals surface area contributed by atoms with Gasteiger partial charge in [-0.1, -0.05) is 29.8 Å². The molecule has 7 nitrogen and oxygen atoms in total. The van der Waals surface area contributed by atoms with Crippen molar-refractivity contribution in [2.24, 2.45) is 0 Å². The van der Waals surface area contributed by atoms with Crippen LogP contribution in [0.25, 0.3) is 5.57 Å². The van der Waals surface area contributed by atoms with Crippen molar-refractivity contribution in [3.05, 3.63) is 83.6 Å². The first kappa shape index (κ1) is 22.9. The molecule has 34 heavy (non-hydrogen) atoms. The molecule has 3 aromatic rings. The fourth-order valence-corrected chi connectivity index (χ4v) is 3.77. The van der Waals surface area contributed by atoms with Gasteiger partial charge in [-0.3, -0.25) is 9.59 Å². The summed E-state index contributed by atoms with van der Waals surface area (Å²) in [5, 5.41) is 3.16. The van der Waals surface area contributed by atoms with Crippen molar-refractivity contribution in [2.45, 2.75) is 13.8 Å². The number of amides is 2. The van der Waals surface area contributed by atoms with Gasteiger partial charge in [0.1, 0.15) is 22.9 Å². The second kappa shape index (κ2) is 9.70. The number of rotatable bonds is 8. The summed E-state index contributed by atoms with van der Waals surface area (Å²) in [5.74, 6) is 0.668. The number of aryl methyl sites for hydroxylation is 1. The maximum Gasteiger partial charge on any atom is 0.282 e. The lowest BCUT2D eigenvalue weighted by Crippen LogP contribution is -2.32. The molecule has 1 aliphatic heterocycles. The molecule has 1 aliphatic rings. The molecule has 1 heterocycles. The normalized spacial score (nSPS) is 13.4. The van der Waals surface area contributed by atoms with Crippen LogP contribution in [-0.4, -0.2) is 32.6 Å². The average Bonchev–Trinajstić information content (AvgIpc) is 3.09. The largest absolute Gasteiger partial charge is 0.497 e. The molecule has 2 amide bonds. The third kappa shape index (κ3) is 4.32. The van der Waals surface area contributed by atoms with Crippen molar-refractivity contribution in [3.63, 3.8) is 0 Å². The molecule has 0 aromatic heterocycles. The van der Waals surface area contributed by atoms with Crippen LogP contribution in [0.15, 0.2) is 72.4 Å².